The minimum absolute atomic E-state index is 0.481. The minimum atomic E-state index is -3.22. The first kappa shape index (κ1) is 11.3. The van der Waals surface area contributed by atoms with Crippen molar-refractivity contribution in [1.82, 2.24) is 4.98 Å². The van der Waals surface area contributed by atoms with Gasteiger partial charge in [0.05, 0.1) is 12.0 Å². The number of aromatic amines is 1. The van der Waals surface area contributed by atoms with Gasteiger partial charge in [-0.1, -0.05) is 0 Å². The molecule has 1 heterocycles. The van der Waals surface area contributed by atoms with Crippen molar-refractivity contribution in [2.75, 3.05) is 0 Å². The summed E-state index contributed by atoms with van der Waals surface area (Å²) in [5.41, 5.74) is -2.92. The number of carboxylic acids is 1. The van der Waals surface area contributed by atoms with E-state index in [4.69, 9.17) is 5.11 Å². The molecular formula is C8H6F3NO3. The van der Waals surface area contributed by atoms with Crippen molar-refractivity contribution >= 4 is 5.97 Å². The Kier molecular flexibility index (Phi) is 3.13. The Balaban J connectivity index is 3.38. The number of hydrogen-bond acceptors (Lipinski definition) is 2. The molecule has 1 aromatic rings. The lowest BCUT2D eigenvalue weighted by Crippen LogP contribution is -2.20. The van der Waals surface area contributed by atoms with Crippen LogP contribution < -0.4 is 5.56 Å². The molecule has 0 aliphatic carbocycles. The SMILES string of the molecule is O=C(O)Cc1c(C(F)F)c(F)c[nH]c1=O. The quantitative estimate of drug-likeness (QED) is 0.802. The van der Waals surface area contributed by atoms with E-state index in [1.807, 2.05) is 4.98 Å². The van der Waals surface area contributed by atoms with Gasteiger partial charge >= 0.3 is 5.97 Å². The van der Waals surface area contributed by atoms with Gasteiger partial charge in [-0.05, 0) is 0 Å². The second kappa shape index (κ2) is 4.16. The number of H-pyrrole nitrogens is 1. The molecule has 2 N–H and O–H groups in total. The molecule has 0 radical (unpaired) electrons. The van der Waals surface area contributed by atoms with Gasteiger partial charge in [0, 0.05) is 11.8 Å². The average molecular weight is 221 g/mol. The van der Waals surface area contributed by atoms with E-state index in [2.05, 4.69) is 0 Å². The first-order valence-corrected chi connectivity index (χ1v) is 3.83. The third-order valence-electron chi connectivity index (χ3n) is 1.73. The maximum Gasteiger partial charge on any atom is 0.308 e. The largest absolute Gasteiger partial charge is 0.481 e. The van der Waals surface area contributed by atoms with Crippen LogP contribution in [0.25, 0.3) is 0 Å². The molecule has 0 atom stereocenters. The highest BCUT2D eigenvalue weighted by atomic mass is 19.3. The van der Waals surface area contributed by atoms with Gasteiger partial charge in [0.2, 0.25) is 0 Å². The van der Waals surface area contributed by atoms with E-state index in [1.54, 1.807) is 0 Å². The molecule has 0 saturated carbocycles. The lowest BCUT2D eigenvalue weighted by Gasteiger charge is -2.06. The summed E-state index contributed by atoms with van der Waals surface area (Å²) < 4.78 is 37.6. The Morgan fingerprint density at radius 1 is 1.53 bits per heavy atom. The second-order valence-corrected chi connectivity index (χ2v) is 2.73. The molecule has 1 aromatic heterocycles. The number of pyridine rings is 1. The summed E-state index contributed by atoms with van der Waals surface area (Å²) in [6.45, 7) is 0. The second-order valence-electron chi connectivity index (χ2n) is 2.73. The number of carboxylic acid groups (broad SMARTS) is 1. The first-order valence-electron chi connectivity index (χ1n) is 3.83. The Bertz CT molecular complexity index is 441. The Morgan fingerprint density at radius 2 is 2.13 bits per heavy atom. The zero-order chi connectivity index (χ0) is 11.6. The lowest BCUT2D eigenvalue weighted by molar-refractivity contribution is -0.136. The fourth-order valence-electron chi connectivity index (χ4n) is 1.12. The van der Waals surface area contributed by atoms with Crippen LogP contribution in [-0.2, 0) is 11.2 Å². The molecule has 0 saturated heterocycles. The molecule has 4 nitrogen and oxygen atoms in total. The molecule has 0 aliphatic rings. The maximum absolute atomic E-state index is 12.9. The monoisotopic (exact) mass is 221 g/mol. The Morgan fingerprint density at radius 3 is 2.60 bits per heavy atom. The van der Waals surface area contributed by atoms with E-state index >= 15 is 0 Å². The summed E-state index contributed by atoms with van der Waals surface area (Å²) in [5, 5.41) is 8.37. The van der Waals surface area contributed by atoms with Crippen LogP contribution in [0.1, 0.15) is 17.6 Å². The minimum Gasteiger partial charge on any atom is -0.481 e. The summed E-state index contributed by atoms with van der Waals surface area (Å²) in [6.07, 6.45) is -3.68. The van der Waals surface area contributed by atoms with Crippen molar-refractivity contribution in [2.24, 2.45) is 0 Å². The van der Waals surface area contributed by atoms with Crippen LogP contribution in [0, 0.1) is 5.82 Å². The van der Waals surface area contributed by atoms with Crippen molar-refractivity contribution in [1.29, 1.82) is 0 Å². The predicted molar refractivity (Wildman–Crippen MR) is 43.3 cm³/mol. The van der Waals surface area contributed by atoms with Crippen LogP contribution in [0.4, 0.5) is 13.2 Å². The van der Waals surface area contributed by atoms with Crippen molar-refractivity contribution < 1.29 is 23.1 Å². The number of nitrogens with one attached hydrogen (secondary N) is 1. The van der Waals surface area contributed by atoms with Crippen LogP contribution in [-0.4, -0.2) is 16.1 Å². The standard InChI is InChI=1S/C8H6F3NO3/c9-4-2-12-8(15)3(1-5(13)14)6(4)7(10)11/h2,7H,1H2,(H,12,15)(H,13,14). The molecule has 0 aromatic carbocycles. The number of alkyl halides is 2. The van der Waals surface area contributed by atoms with E-state index in [0.29, 0.717) is 6.20 Å². The molecule has 7 heteroatoms. The fourth-order valence-corrected chi connectivity index (χ4v) is 1.12. The number of aromatic nitrogens is 1. The van der Waals surface area contributed by atoms with Crippen LogP contribution in [0.15, 0.2) is 11.0 Å². The zero-order valence-corrected chi connectivity index (χ0v) is 7.26. The van der Waals surface area contributed by atoms with Crippen molar-refractivity contribution in [3.8, 4) is 0 Å². The van der Waals surface area contributed by atoms with Gasteiger partial charge in [0.1, 0.15) is 5.82 Å². The lowest BCUT2D eigenvalue weighted by atomic mass is 10.1. The van der Waals surface area contributed by atoms with Gasteiger partial charge < -0.3 is 10.1 Å². The first-order chi connectivity index (χ1) is 6.93. The fraction of sp³-hybridized carbons (Fsp3) is 0.250. The molecule has 0 amide bonds. The Hall–Kier alpha value is -1.79. The molecular weight excluding hydrogens is 215 g/mol. The average Bonchev–Trinajstić information content (AvgIpc) is 2.10. The third-order valence-corrected chi connectivity index (χ3v) is 1.73. The summed E-state index contributed by atoms with van der Waals surface area (Å²) in [5.74, 6) is -2.80. The van der Waals surface area contributed by atoms with Crippen LogP contribution in [0.5, 0.6) is 0 Å². The number of hydrogen-bond donors (Lipinski definition) is 2. The Labute approximate surface area is 81.4 Å². The zero-order valence-electron chi connectivity index (χ0n) is 7.26. The molecule has 0 aliphatic heterocycles. The highest BCUT2D eigenvalue weighted by molar-refractivity contribution is 5.70. The number of halogens is 3. The van der Waals surface area contributed by atoms with E-state index in [9.17, 15) is 22.8 Å². The summed E-state index contributed by atoms with van der Waals surface area (Å²) in [4.78, 5) is 23.1. The van der Waals surface area contributed by atoms with Crippen molar-refractivity contribution in [3.63, 3.8) is 0 Å². The van der Waals surface area contributed by atoms with Crippen LogP contribution in [0.3, 0.4) is 0 Å². The predicted octanol–water partition coefficient (Wildman–Crippen LogP) is 1.08. The molecule has 0 spiro atoms. The molecule has 0 fully saturated rings. The van der Waals surface area contributed by atoms with Gasteiger partial charge in [-0.3, -0.25) is 9.59 Å². The summed E-state index contributed by atoms with van der Waals surface area (Å²) in [7, 11) is 0. The molecule has 0 bridgehead atoms. The normalized spacial score (nSPS) is 10.7. The molecule has 15 heavy (non-hydrogen) atoms. The molecule has 0 unspecified atom stereocenters. The van der Waals surface area contributed by atoms with Gasteiger partial charge in [-0.2, -0.15) is 0 Å². The maximum atomic E-state index is 12.9. The van der Waals surface area contributed by atoms with E-state index in [0.717, 1.165) is 0 Å². The van der Waals surface area contributed by atoms with Gasteiger partial charge in [-0.15, -0.1) is 0 Å². The third kappa shape index (κ3) is 2.36. The van der Waals surface area contributed by atoms with Gasteiger partial charge in [-0.25, -0.2) is 13.2 Å². The molecule has 82 valence electrons. The van der Waals surface area contributed by atoms with E-state index in [1.165, 1.54) is 0 Å². The number of rotatable bonds is 3. The topological polar surface area (TPSA) is 70.2 Å². The van der Waals surface area contributed by atoms with E-state index in [-0.39, 0.29) is 0 Å². The van der Waals surface area contributed by atoms with E-state index < -0.39 is 41.3 Å². The smallest absolute Gasteiger partial charge is 0.308 e. The molecule has 1 rings (SSSR count). The van der Waals surface area contributed by atoms with Crippen LogP contribution >= 0.6 is 0 Å². The van der Waals surface area contributed by atoms with Gasteiger partial charge in [0.15, 0.2) is 0 Å². The van der Waals surface area contributed by atoms with Gasteiger partial charge in [0.25, 0.3) is 12.0 Å². The van der Waals surface area contributed by atoms with Crippen molar-refractivity contribution in [3.05, 3.63) is 33.5 Å². The number of aliphatic carboxylic acids is 1. The summed E-state index contributed by atoms with van der Waals surface area (Å²) >= 11 is 0. The summed E-state index contributed by atoms with van der Waals surface area (Å²) in [6, 6.07) is 0. The highest BCUT2D eigenvalue weighted by Crippen LogP contribution is 2.23. The van der Waals surface area contributed by atoms with Crippen molar-refractivity contribution in [2.45, 2.75) is 12.8 Å². The van der Waals surface area contributed by atoms with Crippen LogP contribution in [0.2, 0.25) is 0 Å². The number of carbonyl (C=O) groups is 1. The highest BCUT2D eigenvalue weighted by Gasteiger charge is 2.22.